The summed E-state index contributed by atoms with van der Waals surface area (Å²) in [7, 11) is -1.59. The monoisotopic (exact) mass is 414 g/mol. The average molecular weight is 415 g/mol. The number of nitrogens with zero attached hydrogens (tertiary/aromatic N) is 2. The van der Waals surface area contributed by atoms with E-state index in [0.29, 0.717) is 29.5 Å². The summed E-state index contributed by atoms with van der Waals surface area (Å²) in [5.41, 5.74) is 3.80. The molecule has 1 heterocycles. The minimum Gasteiger partial charge on any atom is -0.352 e. The van der Waals surface area contributed by atoms with Crippen LogP contribution in [0.4, 0.5) is 5.69 Å². The van der Waals surface area contributed by atoms with Crippen LogP contribution in [0.5, 0.6) is 0 Å². The number of hydrogen-bond donors (Lipinski definition) is 2. The predicted octanol–water partition coefficient (Wildman–Crippen LogP) is 1.65. The quantitative estimate of drug-likeness (QED) is 0.574. The Morgan fingerprint density at radius 3 is 2.62 bits per heavy atom. The van der Waals surface area contributed by atoms with Crippen molar-refractivity contribution >= 4 is 27.4 Å². The third-order valence-corrected chi connectivity index (χ3v) is 6.17. The molecule has 0 radical (unpaired) electrons. The van der Waals surface area contributed by atoms with Crippen LogP contribution in [0.25, 0.3) is 0 Å². The number of carbonyl (C=O) groups excluding carboxylic acids is 1. The smallest absolute Gasteiger partial charge is 0.246 e. The molecule has 154 valence electrons. The molecule has 1 amide bonds. The number of carbonyl (C=O) groups is 1. The molecular formula is C21H26N4O3S. The normalized spacial score (nSPS) is 13.9. The molecule has 0 fully saturated rings. The molecule has 7 nitrogen and oxygen atoms in total. The third-order valence-electron chi connectivity index (χ3n) is 4.92. The van der Waals surface area contributed by atoms with E-state index in [1.807, 2.05) is 30.3 Å². The lowest BCUT2D eigenvalue weighted by molar-refractivity contribution is -0.117. The highest BCUT2D eigenvalue weighted by molar-refractivity contribution is 7.90. The molecule has 2 aromatic carbocycles. The minimum absolute atomic E-state index is 0.00810. The number of anilines is 1. The van der Waals surface area contributed by atoms with Crippen LogP contribution in [0.3, 0.4) is 0 Å². The maximum absolute atomic E-state index is 12.6. The zero-order chi connectivity index (χ0) is 21.0. The number of para-hydroxylation sites is 1. The van der Waals surface area contributed by atoms with Gasteiger partial charge in [-0.1, -0.05) is 30.3 Å². The Hall–Kier alpha value is -2.87. The summed E-state index contributed by atoms with van der Waals surface area (Å²) in [6.45, 7) is 3.07. The molecular weight excluding hydrogens is 388 g/mol. The lowest BCUT2D eigenvalue weighted by atomic mass is 10.1. The lowest BCUT2D eigenvalue weighted by Crippen LogP contribution is -2.44. The van der Waals surface area contributed by atoms with Gasteiger partial charge in [-0.05, 0) is 42.2 Å². The zero-order valence-corrected chi connectivity index (χ0v) is 17.7. The fourth-order valence-corrected chi connectivity index (χ4v) is 4.45. The average Bonchev–Trinajstić information content (AvgIpc) is 3.11. The lowest BCUT2D eigenvalue weighted by Gasteiger charge is -2.19. The number of rotatable bonds is 5. The molecule has 0 unspecified atom stereocenters. The van der Waals surface area contributed by atoms with E-state index in [1.54, 1.807) is 31.0 Å². The van der Waals surface area contributed by atoms with Crippen LogP contribution in [0.15, 0.2) is 52.4 Å². The first-order chi connectivity index (χ1) is 13.8. The first-order valence-electron chi connectivity index (χ1n) is 9.42. The number of aliphatic imine (C=N–C) groups is 1. The van der Waals surface area contributed by atoms with Gasteiger partial charge >= 0.3 is 0 Å². The van der Waals surface area contributed by atoms with Gasteiger partial charge in [-0.25, -0.2) is 8.42 Å². The Kier molecular flexibility index (Phi) is 6.22. The maximum Gasteiger partial charge on any atom is 0.246 e. The van der Waals surface area contributed by atoms with Gasteiger partial charge in [0.15, 0.2) is 15.8 Å². The highest BCUT2D eigenvalue weighted by Gasteiger charge is 2.23. The summed E-state index contributed by atoms with van der Waals surface area (Å²) in [5, 5.41) is 6.20. The Bertz CT molecular complexity index is 1050. The van der Waals surface area contributed by atoms with Crippen LogP contribution in [-0.2, 0) is 27.6 Å². The topological polar surface area (TPSA) is 90.9 Å². The molecule has 0 saturated carbocycles. The molecule has 0 aromatic heterocycles. The van der Waals surface area contributed by atoms with Crippen LogP contribution in [-0.4, -0.2) is 46.7 Å². The first kappa shape index (κ1) is 20.9. The third kappa shape index (κ3) is 4.95. The van der Waals surface area contributed by atoms with Crippen molar-refractivity contribution in [2.75, 3.05) is 31.3 Å². The second-order valence-corrected chi connectivity index (χ2v) is 9.06. The second-order valence-electron chi connectivity index (χ2n) is 7.08. The van der Waals surface area contributed by atoms with E-state index in [1.165, 1.54) is 11.8 Å². The summed E-state index contributed by atoms with van der Waals surface area (Å²) < 4.78 is 23.5. The minimum atomic E-state index is -3.23. The zero-order valence-electron chi connectivity index (χ0n) is 16.9. The molecule has 1 aliphatic rings. The van der Waals surface area contributed by atoms with Crippen molar-refractivity contribution in [2.24, 2.45) is 4.99 Å². The van der Waals surface area contributed by atoms with Gasteiger partial charge in [-0.3, -0.25) is 9.79 Å². The molecule has 3 rings (SSSR count). The van der Waals surface area contributed by atoms with E-state index in [-0.39, 0.29) is 12.5 Å². The van der Waals surface area contributed by atoms with Gasteiger partial charge in [0.05, 0.1) is 11.4 Å². The van der Waals surface area contributed by atoms with Gasteiger partial charge in [-0.15, -0.1) is 0 Å². The molecule has 2 aromatic rings. The van der Waals surface area contributed by atoms with Gasteiger partial charge in [0, 0.05) is 32.1 Å². The van der Waals surface area contributed by atoms with Gasteiger partial charge in [0.2, 0.25) is 5.91 Å². The summed E-state index contributed by atoms with van der Waals surface area (Å²) in [4.78, 5) is 18.9. The van der Waals surface area contributed by atoms with E-state index in [4.69, 9.17) is 0 Å². The number of aryl methyl sites for hydroxylation is 1. The SMILES string of the molecule is CN=C(NCC(=O)N1CCc2ccccc21)NCc1ccc(S(C)(=O)=O)c(C)c1. The Morgan fingerprint density at radius 1 is 1.17 bits per heavy atom. The number of sulfone groups is 1. The highest BCUT2D eigenvalue weighted by atomic mass is 32.2. The van der Waals surface area contributed by atoms with Crippen molar-refractivity contribution in [1.82, 2.24) is 10.6 Å². The fraction of sp³-hybridized carbons (Fsp3) is 0.333. The van der Waals surface area contributed by atoms with Crippen LogP contribution in [0.1, 0.15) is 16.7 Å². The summed E-state index contributed by atoms with van der Waals surface area (Å²) >= 11 is 0. The summed E-state index contributed by atoms with van der Waals surface area (Å²) in [5.74, 6) is 0.502. The van der Waals surface area contributed by atoms with Crippen molar-refractivity contribution < 1.29 is 13.2 Å². The van der Waals surface area contributed by atoms with Crippen LogP contribution in [0.2, 0.25) is 0 Å². The summed E-state index contributed by atoms with van der Waals surface area (Å²) in [6.07, 6.45) is 2.08. The number of hydrogen-bond acceptors (Lipinski definition) is 4. The fourth-order valence-electron chi connectivity index (χ4n) is 3.50. The van der Waals surface area contributed by atoms with Crippen molar-refractivity contribution in [1.29, 1.82) is 0 Å². The first-order valence-corrected chi connectivity index (χ1v) is 11.3. The Labute approximate surface area is 171 Å². The number of guanidine groups is 1. The molecule has 8 heteroatoms. The number of amides is 1. The van der Waals surface area contributed by atoms with Crippen molar-refractivity contribution in [3.05, 3.63) is 59.2 Å². The van der Waals surface area contributed by atoms with Gasteiger partial charge in [0.1, 0.15) is 0 Å². The molecule has 0 bridgehead atoms. The van der Waals surface area contributed by atoms with Crippen molar-refractivity contribution in [2.45, 2.75) is 24.8 Å². The molecule has 0 saturated heterocycles. The van der Waals surface area contributed by atoms with E-state index in [0.717, 1.165) is 17.7 Å². The molecule has 0 spiro atoms. The standard InChI is InChI=1S/C21H26N4O3S/c1-15-12-16(8-9-19(15)29(3,27)28)13-23-21(22-2)24-14-20(26)25-11-10-17-6-4-5-7-18(17)25/h4-9,12H,10-11,13-14H2,1-3H3,(H2,22,23,24). The van der Waals surface area contributed by atoms with E-state index in [9.17, 15) is 13.2 Å². The van der Waals surface area contributed by atoms with Crippen LogP contribution < -0.4 is 15.5 Å². The van der Waals surface area contributed by atoms with Gasteiger partial charge in [0.25, 0.3) is 0 Å². The Balaban J connectivity index is 1.55. The molecule has 2 N–H and O–H groups in total. The maximum atomic E-state index is 12.6. The van der Waals surface area contributed by atoms with Crippen molar-refractivity contribution in [3.8, 4) is 0 Å². The number of benzene rings is 2. The molecule has 0 aliphatic carbocycles. The van der Waals surface area contributed by atoms with Crippen LogP contribution >= 0.6 is 0 Å². The molecule has 0 atom stereocenters. The second kappa shape index (κ2) is 8.65. The summed E-state index contributed by atoms with van der Waals surface area (Å²) in [6, 6.07) is 13.2. The number of nitrogens with one attached hydrogen (secondary N) is 2. The largest absolute Gasteiger partial charge is 0.352 e. The van der Waals surface area contributed by atoms with E-state index in [2.05, 4.69) is 15.6 Å². The van der Waals surface area contributed by atoms with Crippen LogP contribution in [0, 0.1) is 6.92 Å². The highest BCUT2D eigenvalue weighted by Crippen LogP contribution is 2.27. The Morgan fingerprint density at radius 2 is 1.93 bits per heavy atom. The number of fused-ring (bicyclic) bond motifs is 1. The predicted molar refractivity (Wildman–Crippen MR) is 115 cm³/mol. The van der Waals surface area contributed by atoms with Gasteiger partial charge < -0.3 is 15.5 Å². The van der Waals surface area contributed by atoms with Gasteiger partial charge in [-0.2, -0.15) is 0 Å². The van der Waals surface area contributed by atoms with E-state index < -0.39 is 9.84 Å². The molecule has 29 heavy (non-hydrogen) atoms. The molecule has 1 aliphatic heterocycles. The van der Waals surface area contributed by atoms with E-state index >= 15 is 0 Å². The van der Waals surface area contributed by atoms with Crippen molar-refractivity contribution in [3.63, 3.8) is 0 Å².